The van der Waals surface area contributed by atoms with Crippen molar-refractivity contribution in [2.45, 2.75) is 29.7 Å². The van der Waals surface area contributed by atoms with E-state index in [-0.39, 0.29) is 28.0 Å². The fourth-order valence-electron chi connectivity index (χ4n) is 2.68. The standard InChI is InChI=1S/C18H14Cl2N4O5S/c1-2-7-22-16(25)21-17(26)23(18(22)27)11-8-13(19)15(14(20)9-11)30-12-5-3-10(4-6-12)24(28)29/h3-6,8-9H,2,7H2,1H3,(H,21,25,26). The first-order chi connectivity index (χ1) is 14.2. The Morgan fingerprint density at radius 2 is 1.67 bits per heavy atom. The van der Waals surface area contributed by atoms with Gasteiger partial charge in [0.2, 0.25) is 0 Å². The van der Waals surface area contributed by atoms with Gasteiger partial charge >= 0.3 is 17.1 Å². The SMILES string of the molecule is CCCn1c(=O)[nH]c(=O)n(-c2cc(Cl)c(Sc3ccc([N+](=O)[O-])cc3)c(Cl)c2)c1=O. The summed E-state index contributed by atoms with van der Waals surface area (Å²) in [6.45, 7) is 1.93. The first-order valence-corrected chi connectivity index (χ1v) is 10.2. The van der Waals surface area contributed by atoms with Crippen LogP contribution < -0.4 is 17.1 Å². The van der Waals surface area contributed by atoms with Crippen molar-refractivity contribution in [1.29, 1.82) is 0 Å². The van der Waals surface area contributed by atoms with E-state index in [2.05, 4.69) is 4.98 Å². The third-order valence-electron chi connectivity index (χ3n) is 4.04. The average molecular weight is 469 g/mol. The molecule has 12 heteroatoms. The summed E-state index contributed by atoms with van der Waals surface area (Å²) in [6, 6.07) is 8.60. The minimum Gasteiger partial charge on any atom is -0.258 e. The Kier molecular flexibility index (Phi) is 6.49. The first-order valence-electron chi connectivity index (χ1n) is 8.60. The lowest BCUT2D eigenvalue weighted by atomic mass is 10.3. The number of non-ortho nitro benzene ring substituents is 1. The molecule has 0 aliphatic carbocycles. The van der Waals surface area contributed by atoms with Crippen LogP contribution in [0.25, 0.3) is 5.69 Å². The second-order valence-corrected chi connectivity index (χ2v) is 7.99. The minimum absolute atomic E-state index is 0.0484. The van der Waals surface area contributed by atoms with Crippen molar-refractivity contribution in [2.75, 3.05) is 0 Å². The summed E-state index contributed by atoms with van der Waals surface area (Å²) in [7, 11) is 0. The maximum Gasteiger partial charge on any atom is 0.340 e. The van der Waals surface area contributed by atoms with Gasteiger partial charge in [-0.05, 0) is 30.7 Å². The molecule has 0 amide bonds. The predicted molar refractivity (Wildman–Crippen MR) is 114 cm³/mol. The van der Waals surface area contributed by atoms with Gasteiger partial charge in [-0.15, -0.1) is 0 Å². The van der Waals surface area contributed by atoms with E-state index in [4.69, 9.17) is 23.2 Å². The molecule has 30 heavy (non-hydrogen) atoms. The van der Waals surface area contributed by atoms with E-state index in [0.29, 0.717) is 16.2 Å². The Bertz CT molecular complexity index is 1270. The van der Waals surface area contributed by atoms with E-state index < -0.39 is 22.0 Å². The lowest BCUT2D eigenvalue weighted by Gasteiger charge is -2.12. The number of nitrogens with one attached hydrogen (secondary N) is 1. The van der Waals surface area contributed by atoms with Crippen LogP contribution in [0.1, 0.15) is 13.3 Å². The second-order valence-electron chi connectivity index (χ2n) is 6.10. The average Bonchev–Trinajstić information content (AvgIpc) is 2.68. The maximum atomic E-state index is 12.6. The number of H-pyrrole nitrogens is 1. The second kappa shape index (κ2) is 8.90. The highest BCUT2D eigenvalue weighted by Gasteiger charge is 2.16. The molecule has 3 aromatic rings. The molecule has 0 unspecified atom stereocenters. The molecule has 3 rings (SSSR count). The third kappa shape index (κ3) is 4.35. The molecule has 2 aromatic carbocycles. The van der Waals surface area contributed by atoms with E-state index >= 15 is 0 Å². The largest absolute Gasteiger partial charge is 0.340 e. The Morgan fingerprint density at radius 1 is 1.07 bits per heavy atom. The van der Waals surface area contributed by atoms with E-state index in [9.17, 15) is 24.5 Å². The number of hydrogen-bond donors (Lipinski definition) is 1. The fraction of sp³-hybridized carbons (Fsp3) is 0.167. The van der Waals surface area contributed by atoms with Crippen LogP contribution in [0.3, 0.4) is 0 Å². The normalized spacial score (nSPS) is 10.9. The molecular formula is C18H14Cl2N4O5S. The van der Waals surface area contributed by atoms with Crippen LogP contribution in [0.4, 0.5) is 5.69 Å². The summed E-state index contributed by atoms with van der Waals surface area (Å²) < 4.78 is 1.71. The minimum atomic E-state index is -0.903. The molecule has 0 fully saturated rings. The number of nitro groups is 1. The monoisotopic (exact) mass is 468 g/mol. The topological polar surface area (TPSA) is 120 Å². The quantitative estimate of drug-likeness (QED) is 0.436. The van der Waals surface area contributed by atoms with Gasteiger partial charge in [-0.2, -0.15) is 0 Å². The molecule has 0 radical (unpaired) electrons. The zero-order chi connectivity index (χ0) is 22.0. The van der Waals surface area contributed by atoms with Crippen LogP contribution in [0.15, 0.2) is 60.6 Å². The van der Waals surface area contributed by atoms with Crippen LogP contribution in [-0.4, -0.2) is 19.0 Å². The lowest BCUT2D eigenvalue weighted by molar-refractivity contribution is -0.384. The number of aromatic amines is 1. The first kappa shape index (κ1) is 21.9. The smallest absolute Gasteiger partial charge is 0.258 e. The molecule has 1 heterocycles. The Morgan fingerprint density at radius 3 is 2.20 bits per heavy atom. The number of benzene rings is 2. The molecule has 9 nitrogen and oxygen atoms in total. The van der Waals surface area contributed by atoms with Crippen molar-refractivity contribution in [3.8, 4) is 5.69 Å². The van der Waals surface area contributed by atoms with Gasteiger partial charge in [-0.1, -0.05) is 41.9 Å². The highest BCUT2D eigenvalue weighted by Crippen LogP contribution is 2.40. The van der Waals surface area contributed by atoms with Crippen LogP contribution >= 0.6 is 35.0 Å². The summed E-state index contributed by atoms with van der Waals surface area (Å²) in [6.07, 6.45) is 0.521. The summed E-state index contributed by atoms with van der Waals surface area (Å²) in [4.78, 5) is 50.3. The zero-order valence-electron chi connectivity index (χ0n) is 15.4. The number of nitro benzene ring substituents is 1. The van der Waals surface area contributed by atoms with Gasteiger partial charge in [0.25, 0.3) is 5.69 Å². The predicted octanol–water partition coefficient (Wildman–Crippen LogP) is 3.46. The Labute approximate surface area is 183 Å². The number of aromatic nitrogens is 3. The van der Waals surface area contributed by atoms with Crippen LogP contribution in [0.5, 0.6) is 0 Å². The van der Waals surface area contributed by atoms with E-state index in [1.54, 1.807) is 19.1 Å². The van der Waals surface area contributed by atoms with E-state index in [1.165, 1.54) is 36.0 Å². The van der Waals surface area contributed by atoms with Crippen LogP contribution in [0.2, 0.25) is 10.0 Å². The van der Waals surface area contributed by atoms with Crippen molar-refractivity contribution in [3.05, 3.63) is 88.0 Å². The molecule has 1 aromatic heterocycles. The van der Waals surface area contributed by atoms with Gasteiger partial charge < -0.3 is 0 Å². The number of rotatable bonds is 6. The van der Waals surface area contributed by atoms with Crippen molar-refractivity contribution < 1.29 is 4.92 Å². The van der Waals surface area contributed by atoms with Gasteiger partial charge in [0.05, 0.1) is 20.7 Å². The molecule has 1 N–H and O–H groups in total. The van der Waals surface area contributed by atoms with Crippen molar-refractivity contribution >= 4 is 40.7 Å². The van der Waals surface area contributed by atoms with Gasteiger partial charge in [0.1, 0.15) is 0 Å². The van der Waals surface area contributed by atoms with Crippen LogP contribution in [0, 0.1) is 10.1 Å². The summed E-state index contributed by atoms with van der Waals surface area (Å²) in [5, 5.41) is 11.1. The summed E-state index contributed by atoms with van der Waals surface area (Å²) in [5.74, 6) is 0. The Hall–Kier alpha value is -2.82. The maximum absolute atomic E-state index is 12.6. The molecule has 0 aliphatic rings. The molecule has 0 atom stereocenters. The number of halogens is 2. The van der Waals surface area contributed by atoms with Crippen molar-refractivity contribution in [1.82, 2.24) is 14.1 Å². The van der Waals surface area contributed by atoms with Gasteiger partial charge in [0.15, 0.2) is 0 Å². The van der Waals surface area contributed by atoms with Crippen LogP contribution in [-0.2, 0) is 6.54 Å². The third-order valence-corrected chi connectivity index (χ3v) is 6.01. The Balaban J connectivity index is 2.04. The van der Waals surface area contributed by atoms with Gasteiger partial charge in [0, 0.05) is 28.5 Å². The van der Waals surface area contributed by atoms with E-state index in [1.807, 2.05) is 0 Å². The zero-order valence-corrected chi connectivity index (χ0v) is 17.8. The molecule has 0 bridgehead atoms. The number of nitrogens with zero attached hydrogens (tertiary/aromatic N) is 3. The lowest BCUT2D eigenvalue weighted by Crippen LogP contribution is -2.48. The van der Waals surface area contributed by atoms with Crippen molar-refractivity contribution in [3.63, 3.8) is 0 Å². The molecule has 0 saturated carbocycles. The summed E-state index contributed by atoms with van der Waals surface area (Å²) >= 11 is 13.9. The number of hydrogen-bond acceptors (Lipinski definition) is 6. The van der Waals surface area contributed by atoms with E-state index in [0.717, 1.165) is 9.13 Å². The van der Waals surface area contributed by atoms with Gasteiger partial charge in [-0.25, -0.2) is 23.5 Å². The highest BCUT2D eigenvalue weighted by molar-refractivity contribution is 7.99. The molecule has 0 spiro atoms. The molecule has 0 aliphatic heterocycles. The molecule has 156 valence electrons. The molecular weight excluding hydrogens is 455 g/mol. The van der Waals surface area contributed by atoms with Crippen molar-refractivity contribution in [2.24, 2.45) is 0 Å². The fourth-order valence-corrected chi connectivity index (χ4v) is 4.21. The highest BCUT2D eigenvalue weighted by atomic mass is 35.5. The molecule has 0 saturated heterocycles. The summed E-state index contributed by atoms with van der Waals surface area (Å²) in [5.41, 5.74) is -2.43. The van der Waals surface area contributed by atoms with Gasteiger partial charge in [-0.3, -0.25) is 15.1 Å².